The highest BCUT2D eigenvalue weighted by atomic mass is 16.5. The summed E-state index contributed by atoms with van der Waals surface area (Å²) in [5.41, 5.74) is 1.52. The molecule has 0 radical (unpaired) electrons. The Morgan fingerprint density at radius 3 is 2.32 bits per heavy atom. The molecule has 0 saturated heterocycles. The van der Waals surface area contributed by atoms with E-state index in [4.69, 9.17) is 14.2 Å². The molecule has 0 aliphatic heterocycles. The highest BCUT2D eigenvalue weighted by Crippen LogP contribution is 2.15. The van der Waals surface area contributed by atoms with Gasteiger partial charge in [0.15, 0.2) is 0 Å². The largest absolute Gasteiger partial charge is 0.489 e. The van der Waals surface area contributed by atoms with Gasteiger partial charge in [-0.1, -0.05) is 30.3 Å². The number of esters is 2. The molecule has 0 spiro atoms. The van der Waals surface area contributed by atoms with Crippen LogP contribution in [0.5, 0.6) is 5.75 Å². The van der Waals surface area contributed by atoms with Gasteiger partial charge >= 0.3 is 11.9 Å². The molecule has 0 aliphatic rings. The van der Waals surface area contributed by atoms with E-state index in [9.17, 15) is 9.59 Å². The van der Waals surface area contributed by atoms with E-state index in [1.54, 1.807) is 31.2 Å². The van der Waals surface area contributed by atoms with Crippen molar-refractivity contribution in [2.24, 2.45) is 0 Å². The third kappa shape index (κ3) is 6.67. The predicted molar refractivity (Wildman–Crippen MR) is 93.4 cm³/mol. The van der Waals surface area contributed by atoms with Gasteiger partial charge in [0.25, 0.3) is 0 Å². The Hall–Kier alpha value is -2.82. The third-order valence-corrected chi connectivity index (χ3v) is 3.40. The van der Waals surface area contributed by atoms with E-state index in [2.05, 4.69) is 0 Å². The zero-order valence-corrected chi connectivity index (χ0v) is 14.3. The Morgan fingerprint density at radius 1 is 0.920 bits per heavy atom. The highest BCUT2D eigenvalue weighted by Gasteiger charge is 2.08. The van der Waals surface area contributed by atoms with Crippen molar-refractivity contribution in [2.75, 3.05) is 13.2 Å². The summed E-state index contributed by atoms with van der Waals surface area (Å²) in [5.74, 6) is -0.0142. The van der Waals surface area contributed by atoms with E-state index in [1.807, 2.05) is 30.3 Å². The first kappa shape index (κ1) is 18.5. The van der Waals surface area contributed by atoms with Crippen LogP contribution in [0.15, 0.2) is 54.6 Å². The summed E-state index contributed by atoms with van der Waals surface area (Å²) in [6, 6.07) is 16.6. The molecule has 0 fully saturated rings. The van der Waals surface area contributed by atoms with Crippen molar-refractivity contribution < 1.29 is 23.8 Å². The van der Waals surface area contributed by atoms with Gasteiger partial charge in [0, 0.05) is 6.42 Å². The molecule has 0 aliphatic carbocycles. The molecule has 0 heterocycles. The maximum Gasteiger partial charge on any atom is 0.338 e. The maximum absolute atomic E-state index is 11.9. The molecule has 2 aromatic rings. The number of carbonyl (C=O) groups is 2. The van der Waals surface area contributed by atoms with Crippen LogP contribution < -0.4 is 4.74 Å². The molecule has 2 aromatic carbocycles. The lowest BCUT2D eigenvalue weighted by molar-refractivity contribution is -0.143. The van der Waals surface area contributed by atoms with Gasteiger partial charge in [-0.25, -0.2) is 4.79 Å². The second-order valence-corrected chi connectivity index (χ2v) is 5.34. The second kappa shape index (κ2) is 10.1. The lowest BCUT2D eigenvalue weighted by atomic mass is 10.2. The fourth-order valence-electron chi connectivity index (χ4n) is 2.13. The van der Waals surface area contributed by atoms with Crippen LogP contribution in [0.4, 0.5) is 0 Å². The van der Waals surface area contributed by atoms with Crippen LogP contribution >= 0.6 is 0 Å². The van der Waals surface area contributed by atoms with Crippen molar-refractivity contribution >= 4 is 11.9 Å². The van der Waals surface area contributed by atoms with Crippen LogP contribution in [0.25, 0.3) is 0 Å². The van der Waals surface area contributed by atoms with E-state index in [0.29, 0.717) is 30.9 Å². The minimum Gasteiger partial charge on any atom is -0.489 e. The standard InChI is InChI=1S/C20H22O5/c1-2-23-19(21)9-6-14-24-20(22)17-10-12-18(13-11-17)25-15-16-7-4-3-5-8-16/h3-5,7-8,10-13H,2,6,9,14-15H2,1H3. The molecule has 0 amide bonds. The van der Waals surface area contributed by atoms with Crippen LogP contribution in [0.1, 0.15) is 35.7 Å². The van der Waals surface area contributed by atoms with Crippen molar-refractivity contribution in [1.82, 2.24) is 0 Å². The number of ether oxygens (including phenoxy) is 3. The van der Waals surface area contributed by atoms with Crippen molar-refractivity contribution in [2.45, 2.75) is 26.4 Å². The third-order valence-electron chi connectivity index (χ3n) is 3.40. The Kier molecular flexibility index (Phi) is 7.50. The van der Waals surface area contributed by atoms with Crippen LogP contribution in [-0.4, -0.2) is 25.2 Å². The molecule has 25 heavy (non-hydrogen) atoms. The van der Waals surface area contributed by atoms with Gasteiger partial charge in [0.2, 0.25) is 0 Å². The zero-order valence-electron chi connectivity index (χ0n) is 14.3. The second-order valence-electron chi connectivity index (χ2n) is 5.34. The summed E-state index contributed by atoms with van der Waals surface area (Å²) in [7, 11) is 0. The van der Waals surface area contributed by atoms with Gasteiger partial charge in [-0.2, -0.15) is 0 Å². The van der Waals surface area contributed by atoms with Crippen LogP contribution in [0.3, 0.4) is 0 Å². The lowest BCUT2D eigenvalue weighted by Gasteiger charge is -2.08. The summed E-state index contributed by atoms with van der Waals surface area (Å²) in [5, 5.41) is 0. The molecule has 0 aromatic heterocycles. The minimum absolute atomic E-state index is 0.184. The van der Waals surface area contributed by atoms with Gasteiger partial charge in [-0.3, -0.25) is 4.79 Å². The smallest absolute Gasteiger partial charge is 0.338 e. The number of hydrogen-bond acceptors (Lipinski definition) is 5. The first-order valence-corrected chi connectivity index (χ1v) is 8.28. The lowest BCUT2D eigenvalue weighted by Crippen LogP contribution is -2.09. The fraction of sp³-hybridized carbons (Fsp3) is 0.300. The van der Waals surface area contributed by atoms with E-state index >= 15 is 0 Å². The Morgan fingerprint density at radius 2 is 1.64 bits per heavy atom. The summed E-state index contributed by atoms with van der Waals surface area (Å²) >= 11 is 0. The monoisotopic (exact) mass is 342 g/mol. The molecular formula is C20H22O5. The molecule has 132 valence electrons. The highest BCUT2D eigenvalue weighted by molar-refractivity contribution is 5.89. The van der Waals surface area contributed by atoms with Gasteiger partial charge in [-0.15, -0.1) is 0 Å². The quantitative estimate of drug-likeness (QED) is 0.513. The summed E-state index contributed by atoms with van der Waals surface area (Å²) in [6.45, 7) is 2.77. The summed E-state index contributed by atoms with van der Waals surface area (Å²) in [6.07, 6.45) is 0.691. The number of hydrogen-bond donors (Lipinski definition) is 0. The molecule has 0 bridgehead atoms. The molecule has 2 rings (SSSR count). The Bertz CT molecular complexity index is 664. The van der Waals surface area contributed by atoms with Crippen molar-refractivity contribution in [3.63, 3.8) is 0 Å². The Labute approximate surface area is 147 Å². The topological polar surface area (TPSA) is 61.8 Å². The van der Waals surface area contributed by atoms with Crippen LogP contribution in [0.2, 0.25) is 0 Å². The van der Waals surface area contributed by atoms with Gasteiger partial charge in [0.05, 0.1) is 18.8 Å². The molecule has 5 nitrogen and oxygen atoms in total. The summed E-state index contributed by atoms with van der Waals surface area (Å²) in [4.78, 5) is 23.1. The van der Waals surface area contributed by atoms with Gasteiger partial charge in [-0.05, 0) is 43.2 Å². The van der Waals surface area contributed by atoms with E-state index in [1.165, 1.54) is 0 Å². The number of benzene rings is 2. The van der Waals surface area contributed by atoms with Crippen molar-refractivity contribution in [3.8, 4) is 5.75 Å². The van der Waals surface area contributed by atoms with Gasteiger partial charge < -0.3 is 14.2 Å². The van der Waals surface area contributed by atoms with Gasteiger partial charge in [0.1, 0.15) is 12.4 Å². The SMILES string of the molecule is CCOC(=O)CCCOC(=O)c1ccc(OCc2ccccc2)cc1. The molecule has 5 heteroatoms. The molecule has 0 saturated carbocycles. The first-order chi connectivity index (χ1) is 12.2. The van der Waals surface area contributed by atoms with E-state index in [-0.39, 0.29) is 19.0 Å². The number of rotatable bonds is 9. The minimum atomic E-state index is -0.418. The molecular weight excluding hydrogens is 320 g/mol. The van der Waals surface area contributed by atoms with E-state index in [0.717, 1.165) is 5.56 Å². The molecule has 0 N–H and O–H groups in total. The average Bonchev–Trinajstić information content (AvgIpc) is 2.65. The average molecular weight is 342 g/mol. The zero-order chi connectivity index (χ0) is 17.9. The normalized spacial score (nSPS) is 10.1. The maximum atomic E-state index is 11.9. The van der Waals surface area contributed by atoms with E-state index < -0.39 is 5.97 Å². The van der Waals surface area contributed by atoms with Crippen molar-refractivity contribution in [3.05, 3.63) is 65.7 Å². The summed E-state index contributed by atoms with van der Waals surface area (Å²) < 4.78 is 15.6. The molecule has 0 atom stereocenters. The fourth-order valence-corrected chi connectivity index (χ4v) is 2.13. The van der Waals surface area contributed by atoms with Crippen LogP contribution in [-0.2, 0) is 20.9 Å². The van der Waals surface area contributed by atoms with Crippen molar-refractivity contribution in [1.29, 1.82) is 0 Å². The van der Waals surface area contributed by atoms with Crippen LogP contribution in [0, 0.1) is 0 Å². The predicted octanol–water partition coefficient (Wildman–Crippen LogP) is 3.77. The first-order valence-electron chi connectivity index (χ1n) is 8.28. The number of carbonyl (C=O) groups excluding carboxylic acids is 2. The Balaban J connectivity index is 1.73. The molecule has 0 unspecified atom stereocenters.